The van der Waals surface area contributed by atoms with Crippen molar-refractivity contribution in [3.8, 4) is 5.75 Å². The minimum atomic E-state index is -4.73. The molecule has 0 spiro atoms. The van der Waals surface area contributed by atoms with Crippen molar-refractivity contribution in [3.63, 3.8) is 0 Å². The lowest BCUT2D eigenvalue weighted by Gasteiger charge is -2.16. The maximum absolute atomic E-state index is 12.6. The molecule has 1 aromatic heterocycles. The van der Waals surface area contributed by atoms with Gasteiger partial charge < -0.3 is 14.8 Å². The summed E-state index contributed by atoms with van der Waals surface area (Å²) in [6.45, 7) is 5.09. The molecule has 1 amide bonds. The predicted molar refractivity (Wildman–Crippen MR) is 90.3 cm³/mol. The average Bonchev–Trinajstić information content (AvgIpc) is 2.99. The van der Waals surface area contributed by atoms with Gasteiger partial charge in [-0.25, -0.2) is 0 Å². The molecule has 0 bridgehead atoms. The summed E-state index contributed by atoms with van der Waals surface area (Å²) in [4.78, 5) is 12.6. The number of benzene rings is 1. The molecule has 146 valence electrons. The second kappa shape index (κ2) is 7.59. The molecule has 0 radical (unpaired) electrons. The Morgan fingerprint density at radius 1 is 1.33 bits per heavy atom. The number of ether oxygens (including phenoxy) is 2. The number of rotatable bonds is 5. The van der Waals surface area contributed by atoms with E-state index in [1.807, 2.05) is 18.5 Å². The largest absolute Gasteiger partial charge is 0.573 e. The summed E-state index contributed by atoms with van der Waals surface area (Å²) < 4.78 is 47.7. The van der Waals surface area contributed by atoms with Crippen LogP contribution in [0.2, 0.25) is 0 Å². The zero-order chi connectivity index (χ0) is 19.6. The second-order valence-electron chi connectivity index (χ2n) is 6.49. The van der Waals surface area contributed by atoms with Crippen LogP contribution in [-0.2, 0) is 24.3 Å². The molecular weight excluding hydrogens is 363 g/mol. The van der Waals surface area contributed by atoms with Crippen molar-refractivity contribution < 1.29 is 27.4 Å². The lowest BCUT2D eigenvalue weighted by atomic mass is 10.1. The van der Waals surface area contributed by atoms with Crippen molar-refractivity contribution in [2.24, 2.45) is 0 Å². The number of nitrogens with zero attached hydrogens (tertiary/aromatic N) is 2. The third-order valence-corrected chi connectivity index (χ3v) is 4.16. The highest BCUT2D eigenvalue weighted by Gasteiger charge is 2.31. The van der Waals surface area contributed by atoms with Gasteiger partial charge in [0.2, 0.25) is 0 Å². The maximum atomic E-state index is 12.6. The molecule has 0 atom stereocenters. The van der Waals surface area contributed by atoms with Crippen LogP contribution in [0, 0.1) is 0 Å². The van der Waals surface area contributed by atoms with Crippen LogP contribution in [0.5, 0.6) is 5.75 Å². The average molecular weight is 383 g/mol. The third kappa shape index (κ3) is 4.60. The summed E-state index contributed by atoms with van der Waals surface area (Å²) in [5, 5.41) is 7.19. The lowest BCUT2D eigenvalue weighted by Crippen LogP contribution is -2.25. The van der Waals surface area contributed by atoms with Crippen LogP contribution in [0.1, 0.15) is 47.2 Å². The van der Waals surface area contributed by atoms with E-state index in [0.29, 0.717) is 30.9 Å². The van der Waals surface area contributed by atoms with E-state index in [9.17, 15) is 18.0 Å². The number of aromatic nitrogens is 2. The van der Waals surface area contributed by atoms with E-state index in [1.54, 1.807) is 0 Å². The molecular formula is C18H20F3N3O3. The number of carbonyl (C=O) groups excluding carboxylic acids is 1. The number of alkyl halides is 3. The van der Waals surface area contributed by atoms with Crippen LogP contribution in [0.25, 0.3) is 0 Å². The van der Waals surface area contributed by atoms with E-state index < -0.39 is 6.36 Å². The van der Waals surface area contributed by atoms with Crippen molar-refractivity contribution in [1.29, 1.82) is 0 Å². The van der Waals surface area contributed by atoms with Crippen LogP contribution in [0.3, 0.4) is 0 Å². The third-order valence-electron chi connectivity index (χ3n) is 4.16. The first-order chi connectivity index (χ1) is 12.7. The van der Waals surface area contributed by atoms with Gasteiger partial charge in [-0.1, -0.05) is 12.1 Å². The minimum absolute atomic E-state index is 0.125. The Balaban J connectivity index is 1.68. The van der Waals surface area contributed by atoms with Crippen LogP contribution < -0.4 is 10.1 Å². The molecule has 0 aliphatic carbocycles. The van der Waals surface area contributed by atoms with Gasteiger partial charge in [-0.3, -0.25) is 9.48 Å². The Kier molecular flexibility index (Phi) is 5.41. The second-order valence-corrected chi connectivity index (χ2v) is 6.49. The standard InChI is InChI=1S/C18H20F3N3O3/c1-11(2)24-15-7-8-26-10-14(15)16(23-24)17(25)22-9-12-3-5-13(6-4-12)27-18(19,20)21/h3-6,11H,7-10H2,1-2H3,(H,22,25). The highest BCUT2D eigenvalue weighted by Crippen LogP contribution is 2.24. The molecule has 6 nitrogen and oxygen atoms in total. The van der Waals surface area contributed by atoms with Crippen LogP contribution in [0.15, 0.2) is 24.3 Å². The fourth-order valence-electron chi connectivity index (χ4n) is 2.95. The van der Waals surface area contributed by atoms with Gasteiger partial charge in [0.25, 0.3) is 5.91 Å². The molecule has 9 heteroatoms. The zero-order valence-corrected chi connectivity index (χ0v) is 15.0. The Labute approximate surface area is 154 Å². The molecule has 3 rings (SSSR count). The molecule has 0 fully saturated rings. The zero-order valence-electron chi connectivity index (χ0n) is 15.0. The first-order valence-electron chi connectivity index (χ1n) is 8.55. The number of carbonyl (C=O) groups is 1. The van der Waals surface area contributed by atoms with E-state index in [2.05, 4.69) is 15.2 Å². The summed E-state index contributed by atoms with van der Waals surface area (Å²) in [6, 6.07) is 5.47. The maximum Gasteiger partial charge on any atom is 0.573 e. The Morgan fingerprint density at radius 2 is 2.04 bits per heavy atom. The van der Waals surface area contributed by atoms with E-state index in [-0.39, 0.29) is 24.2 Å². The molecule has 1 aromatic carbocycles. The van der Waals surface area contributed by atoms with Crippen LogP contribution in [0.4, 0.5) is 13.2 Å². The van der Waals surface area contributed by atoms with Crippen molar-refractivity contribution >= 4 is 5.91 Å². The van der Waals surface area contributed by atoms with Gasteiger partial charge >= 0.3 is 6.36 Å². The Bertz CT molecular complexity index is 814. The van der Waals surface area contributed by atoms with Gasteiger partial charge in [0.1, 0.15) is 5.75 Å². The number of halogens is 3. The Hall–Kier alpha value is -2.55. The number of hydrogen-bond acceptors (Lipinski definition) is 4. The van der Waals surface area contributed by atoms with Gasteiger partial charge in [0.15, 0.2) is 5.69 Å². The van der Waals surface area contributed by atoms with Crippen molar-refractivity contribution in [1.82, 2.24) is 15.1 Å². The molecule has 0 saturated carbocycles. The monoisotopic (exact) mass is 383 g/mol. The normalized spacial score (nSPS) is 14.1. The fraction of sp³-hybridized carbons (Fsp3) is 0.444. The smallest absolute Gasteiger partial charge is 0.406 e. The van der Waals surface area contributed by atoms with E-state index in [1.165, 1.54) is 24.3 Å². The van der Waals surface area contributed by atoms with E-state index in [4.69, 9.17) is 4.74 Å². The van der Waals surface area contributed by atoms with Gasteiger partial charge in [-0.2, -0.15) is 5.10 Å². The predicted octanol–water partition coefficient (Wildman–Crippen LogP) is 3.37. The number of amides is 1. The van der Waals surface area contributed by atoms with Crippen LogP contribution >= 0.6 is 0 Å². The topological polar surface area (TPSA) is 65.4 Å². The SMILES string of the molecule is CC(C)n1nc(C(=O)NCc2ccc(OC(F)(F)F)cc2)c2c1CCOC2. The first kappa shape index (κ1) is 19.2. The van der Waals surface area contributed by atoms with Gasteiger partial charge in [-0.15, -0.1) is 13.2 Å². The van der Waals surface area contributed by atoms with E-state index in [0.717, 1.165) is 11.3 Å². The minimum Gasteiger partial charge on any atom is -0.406 e. The quantitative estimate of drug-likeness (QED) is 0.860. The fourth-order valence-corrected chi connectivity index (χ4v) is 2.95. The summed E-state index contributed by atoms with van der Waals surface area (Å²) in [5.41, 5.74) is 2.78. The highest BCUT2D eigenvalue weighted by atomic mass is 19.4. The molecule has 1 N–H and O–H groups in total. The summed E-state index contributed by atoms with van der Waals surface area (Å²) in [7, 11) is 0. The molecule has 2 heterocycles. The number of nitrogens with one attached hydrogen (secondary N) is 1. The van der Waals surface area contributed by atoms with Crippen molar-refractivity contribution in [2.75, 3.05) is 6.61 Å². The summed E-state index contributed by atoms with van der Waals surface area (Å²) >= 11 is 0. The summed E-state index contributed by atoms with van der Waals surface area (Å²) in [6.07, 6.45) is -4.03. The first-order valence-corrected chi connectivity index (χ1v) is 8.55. The van der Waals surface area contributed by atoms with Gasteiger partial charge in [0, 0.05) is 30.3 Å². The summed E-state index contributed by atoms with van der Waals surface area (Å²) in [5.74, 6) is -0.647. The molecule has 1 aliphatic heterocycles. The van der Waals surface area contributed by atoms with Gasteiger partial charge in [-0.05, 0) is 31.5 Å². The van der Waals surface area contributed by atoms with Crippen molar-refractivity contribution in [3.05, 3.63) is 46.8 Å². The molecule has 0 unspecified atom stereocenters. The highest BCUT2D eigenvalue weighted by molar-refractivity contribution is 5.94. The molecule has 27 heavy (non-hydrogen) atoms. The number of hydrogen-bond donors (Lipinski definition) is 1. The number of fused-ring (bicyclic) bond motifs is 1. The molecule has 1 aliphatic rings. The lowest BCUT2D eigenvalue weighted by molar-refractivity contribution is -0.274. The van der Waals surface area contributed by atoms with Gasteiger partial charge in [0.05, 0.1) is 13.2 Å². The van der Waals surface area contributed by atoms with Crippen molar-refractivity contribution in [2.45, 2.75) is 45.8 Å². The van der Waals surface area contributed by atoms with Crippen LogP contribution in [-0.4, -0.2) is 28.7 Å². The van der Waals surface area contributed by atoms with E-state index >= 15 is 0 Å². The molecule has 0 saturated heterocycles. The molecule has 2 aromatic rings. The Morgan fingerprint density at radius 3 is 2.67 bits per heavy atom.